The van der Waals surface area contributed by atoms with Crippen LogP contribution in [0.5, 0.6) is 0 Å². The maximum atomic E-state index is 10.3. The number of aliphatic hydroxyl groups is 1. The van der Waals surface area contributed by atoms with E-state index in [1.165, 1.54) is 0 Å². The second-order valence-electron chi connectivity index (χ2n) is 2.48. The zero-order valence-electron chi connectivity index (χ0n) is 9.05. The third-order valence-corrected chi connectivity index (χ3v) is 1.29. The largest absolute Gasteiger partial charge is 0.481 e. The lowest BCUT2D eigenvalue weighted by Crippen LogP contribution is -2.42. The van der Waals surface area contributed by atoms with Gasteiger partial charge in [0.15, 0.2) is 5.60 Å². The van der Waals surface area contributed by atoms with E-state index in [2.05, 4.69) is 0 Å². The highest BCUT2D eigenvalue weighted by Crippen LogP contribution is 2.15. The lowest BCUT2D eigenvalue weighted by atomic mass is 9.96. The summed E-state index contributed by atoms with van der Waals surface area (Å²) >= 11 is 0. The van der Waals surface area contributed by atoms with Crippen molar-refractivity contribution >= 4 is 17.9 Å². The minimum absolute atomic E-state index is 0. The monoisotopic (exact) mass is 261 g/mol. The second-order valence-corrected chi connectivity index (χ2v) is 2.48. The van der Waals surface area contributed by atoms with Gasteiger partial charge in [0, 0.05) is 0 Å². The number of hydrogen-bond donors (Lipinski definition) is 7. The summed E-state index contributed by atoms with van der Waals surface area (Å²) in [5.41, 5.74) is -2.74. The summed E-state index contributed by atoms with van der Waals surface area (Å²) in [4.78, 5) is 30.5. The lowest BCUT2D eigenvalue weighted by Gasteiger charge is -2.18. The third kappa shape index (κ3) is 10.5. The van der Waals surface area contributed by atoms with Crippen LogP contribution in [0, 0.1) is 0 Å². The highest BCUT2D eigenvalue weighted by Gasteiger charge is 2.40. The van der Waals surface area contributed by atoms with Crippen molar-refractivity contribution in [2.24, 2.45) is 0 Å². The van der Waals surface area contributed by atoms with Gasteiger partial charge >= 0.3 is 17.9 Å². The van der Waals surface area contributed by atoms with Crippen LogP contribution in [-0.2, 0) is 14.4 Å². The third-order valence-electron chi connectivity index (χ3n) is 1.29. The molecule has 0 bridgehead atoms. The molecule has 15 N–H and O–H groups in total. The molecule has 0 radical (unpaired) electrons. The Balaban J connectivity index is -0.000000120. The Hall–Kier alpha value is -1.79. The molecule has 0 aromatic heterocycles. The number of carbonyl (C=O) groups is 3. The molecule has 0 aliphatic rings. The van der Waals surface area contributed by atoms with Gasteiger partial charge in [-0.05, 0) is 0 Å². The SMILES string of the molecule is N.N.N.O.O=C(O)CC(O)(CC(=O)O)C(=O)O. The van der Waals surface area contributed by atoms with Gasteiger partial charge in [0.1, 0.15) is 0 Å². The van der Waals surface area contributed by atoms with Crippen molar-refractivity contribution in [2.45, 2.75) is 18.4 Å². The minimum Gasteiger partial charge on any atom is -0.481 e. The molecular weight excluding hydrogens is 242 g/mol. The molecule has 0 aliphatic carbocycles. The van der Waals surface area contributed by atoms with Crippen molar-refractivity contribution in [3.05, 3.63) is 0 Å². The van der Waals surface area contributed by atoms with Crippen LogP contribution in [0.15, 0.2) is 0 Å². The summed E-state index contributed by atoms with van der Waals surface area (Å²) in [5.74, 6) is -5.02. The fourth-order valence-corrected chi connectivity index (χ4v) is 0.714. The van der Waals surface area contributed by atoms with E-state index >= 15 is 0 Å². The standard InChI is InChI=1S/C6H8O7.3H3N.H2O/c7-3(8)1-6(13,5(11)12)2-4(9)10;;;;/h13H,1-2H2,(H,7,8)(H,9,10)(H,11,12);3*1H3;1H2. The van der Waals surface area contributed by atoms with E-state index in [0.717, 1.165) is 0 Å². The smallest absolute Gasteiger partial charge is 0.336 e. The molecule has 11 nitrogen and oxygen atoms in total. The molecule has 0 fully saturated rings. The molecule has 0 saturated carbocycles. The van der Waals surface area contributed by atoms with Crippen LogP contribution in [0.3, 0.4) is 0 Å². The molecule has 106 valence electrons. The van der Waals surface area contributed by atoms with E-state index in [4.69, 9.17) is 20.4 Å². The van der Waals surface area contributed by atoms with Gasteiger partial charge in [0.2, 0.25) is 0 Å². The van der Waals surface area contributed by atoms with E-state index < -0.39 is 36.4 Å². The Bertz CT molecular complexity index is 240. The van der Waals surface area contributed by atoms with Gasteiger partial charge in [-0.3, -0.25) is 9.59 Å². The fraction of sp³-hybridized carbons (Fsp3) is 0.500. The first-order valence-corrected chi connectivity index (χ1v) is 3.17. The Morgan fingerprint density at radius 2 is 1.06 bits per heavy atom. The number of carboxylic acids is 3. The van der Waals surface area contributed by atoms with Crippen molar-refractivity contribution in [3.63, 3.8) is 0 Å². The van der Waals surface area contributed by atoms with Crippen molar-refractivity contribution in [1.29, 1.82) is 0 Å². The molecule has 0 rings (SSSR count). The predicted molar refractivity (Wildman–Crippen MR) is 55.8 cm³/mol. The topological polar surface area (TPSA) is 269 Å². The van der Waals surface area contributed by atoms with Crippen LogP contribution < -0.4 is 18.5 Å². The molecule has 0 heterocycles. The van der Waals surface area contributed by atoms with Gasteiger partial charge in [-0.25, -0.2) is 4.79 Å². The molecule has 0 unspecified atom stereocenters. The first-order chi connectivity index (χ1) is 5.78. The lowest BCUT2D eigenvalue weighted by molar-refractivity contribution is -0.170. The second kappa shape index (κ2) is 10.7. The van der Waals surface area contributed by atoms with E-state index in [0.29, 0.717) is 0 Å². The van der Waals surface area contributed by atoms with Crippen LogP contribution in [0.4, 0.5) is 0 Å². The normalized spacial score (nSPS) is 8.29. The van der Waals surface area contributed by atoms with Gasteiger partial charge in [-0.15, -0.1) is 0 Å². The molecule has 0 saturated heterocycles. The average Bonchev–Trinajstić information content (AvgIpc) is 1.82. The fourth-order valence-electron chi connectivity index (χ4n) is 0.714. The summed E-state index contributed by atoms with van der Waals surface area (Å²) < 4.78 is 0. The summed E-state index contributed by atoms with van der Waals surface area (Å²) in [7, 11) is 0. The molecule has 17 heavy (non-hydrogen) atoms. The number of hydrogen-bond acceptors (Lipinski definition) is 7. The number of aliphatic carboxylic acids is 3. The summed E-state index contributed by atoms with van der Waals surface area (Å²) in [6.45, 7) is 0. The summed E-state index contributed by atoms with van der Waals surface area (Å²) in [6, 6.07) is 0. The van der Waals surface area contributed by atoms with E-state index in [1.54, 1.807) is 0 Å². The summed E-state index contributed by atoms with van der Waals surface area (Å²) in [6.07, 6.45) is -2.29. The summed E-state index contributed by atoms with van der Waals surface area (Å²) in [5, 5.41) is 33.8. The Morgan fingerprint density at radius 1 is 0.824 bits per heavy atom. The van der Waals surface area contributed by atoms with E-state index in [1.807, 2.05) is 0 Å². The zero-order valence-corrected chi connectivity index (χ0v) is 9.05. The van der Waals surface area contributed by atoms with Crippen molar-refractivity contribution < 1.29 is 40.3 Å². The number of rotatable bonds is 5. The van der Waals surface area contributed by atoms with Crippen LogP contribution >= 0.6 is 0 Å². The molecule has 0 amide bonds. The molecule has 11 heteroatoms. The van der Waals surface area contributed by atoms with Crippen LogP contribution in [0.2, 0.25) is 0 Å². The minimum atomic E-state index is -2.74. The van der Waals surface area contributed by atoms with Gasteiger partial charge in [-0.2, -0.15) is 0 Å². The zero-order chi connectivity index (χ0) is 10.6. The molecule has 0 atom stereocenters. The molecular formula is C6H19N3O8. The Kier molecular flexibility index (Phi) is 18.6. The first kappa shape index (κ1) is 29.5. The highest BCUT2D eigenvalue weighted by atomic mass is 16.4. The quantitative estimate of drug-likeness (QED) is 0.297. The van der Waals surface area contributed by atoms with Gasteiger partial charge in [0.25, 0.3) is 0 Å². The Morgan fingerprint density at radius 3 is 1.18 bits per heavy atom. The van der Waals surface area contributed by atoms with Crippen LogP contribution in [0.25, 0.3) is 0 Å². The van der Waals surface area contributed by atoms with Gasteiger partial charge < -0.3 is 44.4 Å². The predicted octanol–water partition coefficient (Wildman–Crippen LogP) is -1.59. The molecule has 0 aromatic rings. The average molecular weight is 261 g/mol. The number of carboxylic acid groups (broad SMARTS) is 3. The maximum Gasteiger partial charge on any atom is 0.336 e. The molecule has 0 aliphatic heterocycles. The Labute approximate surface area is 96.1 Å². The highest BCUT2D eigenvalue weighted by molar-refractivity contribution is 5.88. The maximum absolute atomic E-state index is 10.3. The van der Waals surface area contributed by atoms with Crippen LogP contribution in [0.1, 0.15) is 12.8 Å². The first-order valence-electron chi connectivity index (χ1n) is 3.17. The molecule has 0 aromatic carbocycles. The van der Waals surface area contributed by atoms with Crippen molar-refractivity contribution in [1.82, 2.24) is 18.5 Å². The van der Waals surface area contributed by atoms with Gasteiger partial charge in [0.05, 0.1) is 12.8 Å². The van der Waals surface area contributed by atoms with E-state index in [9.17, 15) is 14.4 Å². The molecule has 0 spiro atoms. The van der Waals surface area contributed by atoms with E-state index in [-0.39, 0.29) is 23.9 Å². The van der Waals surface area contributed by atoms with Crippen LogP contribution in [-0.4, -0.2) is 49.4 Å². The van der Waals surface area contributed by atoms with Gasteiger partial charge in [-0.1, -0.05) is 0 Å². The van der Waals surface area contributed by atoms with Crippen molar-refractivity contribution in [2.75, 3.05) is 0 Å². The van der Waals surface area contributed by atoms with Crippen molar-refractivity contribution in [3.8, 4) is 0 Å².